The summed E-state index contributed by atoms with van der Waals surface area (Å²) in [6, 6.07) is 0.788. The van der Waals surface area contributed by atoms with Gasteiger partial charge in [-0.3, -0.25) is 4.79 Å². The quantitative estimate of drug-likeness (QED) is 0.687. The molecule has 76 valence electrons. The lowest BCUT2D eigenvalue weighted by Gasteiger charge is -2.16. The Morgan fingerprint density at radius 1 is 1.54 bits per heavy atom. The van der Waals surface area contributed by atoms with Crippen LogP contribution in [-0.2, 0) is 4.79 Å². The highest BCUT2D eigenvalue weighted by molar-refractivity contribution is 5.77. The Balaban J connectivity index is 2.02. The van der Waals surface area contributed by atoms with Crippen molar-refractivity contribution >= 4 is 5.91 Å². The molecule has 0 unspecified atom stereocenters. The van der Waals surface area contributed by atoms with Crippen molar-refractivity contribution in [1.82, 2.24) is 10.2 Å². The first-order valence-electron chi connectivity index (χ1n) is 5.09. The van der Waals surface area contributed by atoms with E-state index in [1.165, 1.54) is 12.8 Å². The van der Waals surface area contributed by atoms with Crippen LogP contribution in [0, 0.1) is 5.92 Å². The van der Waals surface area contributed by atoms with Crippen LogP contribution in [0.2, 0.25) is 0 Å². The van der Waals surface area contributed by atoms with Gasteiger partial charge in [0.1, 0.15) is 0 Å². The van der Waals surface area contributed by atoms with Gasteiger partial charge in [0.2, 0.25) is 5.91 Å². The third-order valence-electron chi connectivity index (χ3n) is 2.46. The van der Waals surface area contributed by atoms with Crippen molar-refractivity contribution in [2.24, 2.45) is 5.92 Å². The average Bonchev–Trinajstić information content (AvgIpc) is 2.85. The smallest absolute Gasteiger partial charge is 0.222 e. The zero-order chi connectivity index (χ0) is 9.84. The Morgan fingerprint density at radius 3 is 2.62 bits per heavy atom. The van der Waals surface area contributed by atoms with Crippen LogP contribution < -0.4 is 5.32 Å². The molecule has 0 radical (unpaired) electrons. The van der Waals surface area contributed by atoms with Crippen molar-refractivity contribution in [2.75, 3.05) is 20.1 Å². The molecular formula is C10H20N2O. The monoisotopic (exact) mass is 184 g/mol. The van der Waals surface area contributed by atoms with Gasteiger partial charge in [0.05, 0.1) is 0 Å². The summed E-state index contributed by atoms with van der Waals surface area (Å²) in [7, 11) is 2.12. The van der Waals surface area contributed by atoms with Gasteiger partial charge in [-0.25, -0.2) is 0 Å². The Hall–Kier alpha value is -0.570. The minimum Gasteiger partial charge on any atom is -0.355 e. The molecule has 0 heterocycles. The third-order valence-corrected chi connectivity index (χ3v) is 2.46. The van der Waals surface area contributed by atoms with E-state index in [4.69, 9.17) is 0 Å². The third kappa shape index (κ3) is 3.77. The van der Waals surface area contributed by atoms with Crippen molar-refractivity contribution in [1.29, 1.82) is 0 Å². The highest BCUT2D eigenvalue weighted by atomic mass is 16.1. The van der Waals surface area contributed by atoms with E-state index < -0.39 is 0 Å². The van der Waals surface area contributed by atoms with Crippen LogP contribution in [-0.4, -0.2) is 37.0 Å². The minimum atomic E-state index is 0.103. The van der Waals surface area contributed by atoms with Crippen LogP contribution in [0.25, 0.3) is 0 Å². The number of hydrogen-bond donors (Lipinski definition) is 1. The number of nitrogens with zero attached hydrogens (tertiary/aromatic N) is 1. The Morgan fingerprint density at radius 2 is 2.15 bits per heavy atom. The number of nitrogens with one attached hydrogen (secondary N) is 1. The number of amides is 1. The molecule has 1 aliphatic rings. The van der Waals surface area contributed by atoms with Crippen LogP contribution in [0.1, 0.15) is 26.7 Å². The standard InChI is InChI=1S/C10H20N2O/c1-8(2)10(13)11-6-7-12(3)9-4-5-9/h8-9H,4-7H2,1-3H3,(H,11,13). The predicted octanol–water partition coefficient (Wildman–Crippen LogP) is 0.853. The maximum Gasteiger partial charge on any atom is 0.222 e. The van der Waals surface area contributed by atoms with Crippen LogP contribution in [0.5, 0.6) is 0 Å². The van der Waals surface area contributed by atoms with Crippen LogP contribution in [0.15, 0.2) is 0 Å². The largest absolute Gasteiger partial charge is 0.355 e. The number of hydrogen-bond acceptors (Lipinski definition) is 2. The van der Waals surface area contributed by atoms with E-state index in [2.05, 4.69) is 17.3 Å². The normalized spacial score (nSPS) is 16.7. The minimum absolute atomic E-state index is 0.103. The maximum atomic E-state index is 11.2. The molecule has 3 nitrogen and oxygen atoms in total. The summed E-state index contributed by atoms with van der Waals surface area (Å²) in [5.41, 5.74) is 0. The van der Waals surface area contributed by atoms with E-state index in [1.54, 1.807) is 0 Å². The highest BCUT2D eigenvalue weighted by Gasteiger charge is 2.25. The van der Waals surface area contributed by atoms with E-state index in [0.29, 0.717) is 0 Å². The summed E-state index contributed by atoms with van der Waals surface area (Å²) in [5, 5.41) is 2.92. The van der Waals surface area contributed by atoms with E-state index in [-0.39, 0.29) is 11.8 Å². The molecule has 1 aliphatic carbocycles. The van der Waals surface area contributed by atoms with E-state index >= 15 is 0 Å². The van der Waals surface area contributed by atoms with Crippen LogP contribution >= 0.6 is 0 Å². The lowest BCUT2D eigenvalue weighted by atomic mass is 10.2. The molecule has 1 N–H and O–H groups in total. The lowest BCUT2D eigenvalue weighted by Crippen LogP contribution is -2.35. The van der Waals surface area contributed by atoms with Gasteiger partial charge >= 0.3 is 0 Å². The van der Waals surface area contributed by atoms with Gasteiger partial charge in [-0.15, -0.1) is 0 Å². The van der Waals surface area contributed by atoms with E-state index in [9.17, 15) is 4.79 Å². The summed E-state index contributed by atoms with van der Waals surface area (Å²) >= 11 is 0. The molecule has 0 spiro atoms. The fourth-order valence-electron chi connectivity index (χ4n) is 1.26. The van der Waals surface area contributed by atoms with Crippen molar-refractivity contribution in [2.45, 2.75) is 32.7 Å². The predicted molar refractivity (Wildman–Crippen MR) is 53.5 cm³/mol. The Bertz CT molecular complexity index is 176. The SMILES string of the molecule is CC(C)C(=O)NCCN(C)C1CC1. The maximum absolute atomic E-state index is 11.2. The number of carbonyl (C=O) groups excluding carboxylic acids is 1. The van der Waals surface area contributed by atoms with Gasteiger partial charge in [0, 0.05) is 25.0 Å². The Kier molecular flexibility index (Phi) is 3.72. The molecule has 3 heteroatoms. The molecule has 0 aromatic rings. The summed E-state index contributed by atoms with van der Waals surface area (Å²) in [5.74, 6) is 0.260. The fraction of sp³-hybridized carbons (Fsp3) is 0.900. The molecular weight excluding hydrogens is 164 g/mol. The molecule has 1 amide bonds. The van der Waals surface area contributed by atoms with Gasteiger partial charge in [0.25, 0.3) is 0 Å². The summed E-state index contributed by atoms with van der Waals surface area (Å²) in [4.78, 5) is 13.5. The van der Waals surface area contributed by atoms with Gasteiger partial charge in [-0.2, -0.15) is 0 Å². The Labute approximate surface area is 80.5 Å². The molecule has 0 aliphatic heterocycles. The second-order valence-corrected chi connectivity index (χ2v) is 4.16. The molecule has 13 heavy (non-hydrogen) atoms. The molecule has 0 bridgehead atoms. The van der Waals surface area contributed by atoms with Crippen molar-refractivity contribution in [3.05, 3.63) is 0 Å². The van der Waals surface area contributed by atoms with Crippen molar-refractivity contribution in [3.63, 3.8) is 0 Å². The lowest BCUT2D eigenvalue weighted by molar-refractivity contribution is -0.124. The number of likely N-dealkylation sites (N-methyl/N-ethyl adjacent to an activating group) is 1. The van der Waals surface area contributed by atoms with E-state index in [1.807, 2.05) is 13.8 Å². The first-order valence-corrected chi connectivity index (χ1v) is 5.09. The van der Waals surface area contributed by atoms with Crippen molar-refractivity contribution < 1.29 is 4.79 Å². The fourth-order valence-corrected chi connectivity index (χ4v) is 1.26. The zero-order valence-corrected chi connectivity index (χ0v) is 8.84. The second kappa shape index (κ2) is 4.61. The van der Waals surface area contributed by atoms with Gasteiger partial charge in [-0.05, 0) is 19.9 Å². The molecule has 1 rings (SSSR count). The van der Waals surface area contributed by atoms with Gasteiger partial charge in [0.15, 0.2) is 0 Å². The van der Waals surface area contributed by atoms with E-state index in [0.717, 1.165) is 19.1 Å². The van der Waals surface area contributed by atoms with Gasteiger partial charge in [-0.1, -0.05) is 13.8 Å². The topological polar surface area (TPSA) is 32.3 Å². The van der Waals surface area contributed by atoms with Crippen LogP contribution in [0.3, 0.4) is 0 Å². The number of carbonyl (C=O) groups is 1. The average molecular weight is 184 g/mol. The second-order valence-electron chi connectivity index (χ2n) is 4.16. The highest BCUT2D eigenvalue weighted by Crippen LogP contribution is 2.24. The summed E-state index contributed by atoms with van der Waals surface area (Å²) in [6.45, 7) is 5.59. The van der Waals surface area contributed by atoms with Crippen molar-refractivity contribution in [3.8, 4) is 0 Å². The molecule has 0 aromatic heterocycles. The zero-order valence-electron chi connectivity index (χ0n) is 8.84. The first kappa shape index (κ1) is 10.5. The molecule has 0 atom stereocenters. The molecule has 0 aromatic carbocycles. The first-order chi connectivity index (χ1) is 6.11. The van der Waals surface area contributed by atoms with Crippen LogP contribution in [0.4, 0.5) is 0 Å². The molecule has 1 saturated carbocycles. The summed E-state index contributed by atoms with van der Waals surface area (Å²) in [6.07, 6.45) is 2.66. The molecule has 0 saturated heterocycles. The number of rotatable bonds is 5. The summed E-state index contributed by atoms with van der Waals surface area (Å²) < 4.78 is 0. The van der Waals surface area contributed by atoms with Gasteiger partial charge < -0.3 is 10.2 Å². The molecule has 1 fully saturated rings.